The third-order valence-corrected chi connectivity index (χ3v) is 5.10. The lowest BCUT2D eigenvalue weighted by Gasteiger charge is -2.25. The van der Waals surface area contributed by atoms with Gasteiger partial charge in [-0.25, -0.2) is 13.1 Å². The van der Waals surface area contributed by atoms with E-state index in [2.05, 4.69) is 4.72 Å². The molecule has 0 saturated heterocycles. The summed E-state index contributed by atoms with van der Waals surface area (Å²) < 4.78 is 26.2. The molecule has 1 rings (SSSR count). The van der Waals surface area contributed by atoms with Crippen molar-refractivity contribution in [1.29, 1.82) is 0 Å². The number of nitrogens with one attached hydrogen (secondary N) is 1. The van der Waals surface area contributed by atoms with Crippen LogP contribution >= 0.6 is 0 Å². The van der Waals surface area contributed by atoms with E-state index in [0.717, 1.165) is 12.8 Å². The second-order valence-electron chi connectivity index (χ2n) is 6.43. The summed E-state index contributed by atoms with van der Waals surface area (Å²) >= 11 is 0. The Morgan fingerprint density at radius 2 is 1.78 bits per heavy atom. The Hall–Kier alpha value is -0.620. The Morgan fingerprint density at radius 1 is 1.28 bits per heavy atom. The molecule has 1 aliphatic rings. The van der Waals surface area contributed by atoms with Gasteiger partial charge in [-0.2, -0.15) is 0 Å². The number of aliphatic carboxylic acids is 1. The Balaban J connectivity index is 2.66. The van der Waals surface area contributed by atoms with Crippen LogP contribution in [0.3, 0.4) is 0 Å². The van der Waals surface area contributed by atoms with Gasteiger partial charge in [0.2, 0.25) is 10.0 Å². The van der Waals surface area contributed by atoms with E-state index in [4.69, 9.17) is 0 Å². The first-order valence-electron chi connectivity index (χ1n) is 6.27. The van der Waals surface area contributed by atoms with E-state index in [1.807, 2.05) is 20.8 Å². The Bertz CT molecular complexity index is 402. The molecule has 1 aliphatic carbocycles. The second-order valence-corrected chi connectivity index (χ2v) is 8.24. The maximum atomic E-state index is 11.9. The first kappa shape index (κ1) is 15.4. The summed E-state index contributed by atoms with van der Waals surface area (Å²) in [6, 6.07) is 0. The standard InChI is InChI=1S/C12H23NO4S/c1-11(2,3)9-18(16,17)13-8-12(10(14)15)6-4-5-7-12/h13H,4-9H2,1-3H3,(H,14,15). The minimum Gasteiger partial charge on any atom is -0.481 e. The van der Waals surface area contributed by atoms with Crippen molar-refractivity contribution in [2.24, 2.45) is 10.8 Å². The number of carbonyl (C=O) groups is 1. The largest absolute Gasteiger partial charge is 0.481 e. The van der Waals surface area contributed by atoms with Gasteiger partial charge in [0.1, 0.15) is 0 Å². The fourth-order valence-corrected chi connectivity index (χ4v) is 4.13. The van der Waals surface area contributed by atoms with Gasteiger partial charge in [0.25, 0.3) is 0 Å². The zero-order valence-electron chi connectivity index (χ0n) is 11.3. The van der Waals surface area contributed by atoms with E-state index in [9.17, 15) is 18.3 Å². The molecule has 0 spiro atoms. The molecule has 1 saturated carbocycles. The topological polar surface area (TPSA) is 83.5 Å². The summed E-state index contributed by atoms with van der Waals surface area (Å²) in [5.74, 6) is -0.881. The summed E-state index contributed by atoms with van der Waals surface area (Å²) in [6.45, 7) is 5.54. The predicted molar refractivity (Wildman–Crippen MR) is 69.8 cm³/mol. The Labute approximate surface area is 109 Å². The van der Waals surface area contributed by atoms with Gasteiger partial charge >= 0.3 is 5.97 Å². The van der Waals surface area contributed by atoms with Crippen LogP contribution in [0.5, 0.6) is 0 Å². The van der Waals surface area contributed by atoms with E-state index in [0.29, 0.717) is 12.8 Å². The third-order valence-electron chi connectivity index (χ3n) is 3.27. The maximum absolute atomic E-state index is 11.9. The molecule has 0 amide bonds. The van der Waals surface area contributed by atoms with Crippen LogP contribution in [-0.4, -0.2) is 31.8 Å². The molecule has 5 nitrogen and oxygen atoms in total. The molecule has 0 aromatic rings. The monoisotopic (exact) mass is 277 g/mol. The Morgan fingerprint density at radius 3 is 2.17 bits per heavy atom. The van der Waals surface area contributed by atoms with Crippen LogP contribution in [0.25, 0.3) is 0 Å². The molecular formula is C12H23NO4S. The summed E-state index contributed by atoms with van der Waals surface area (Å²) in [7, 11) is -3.41. The van der Waals surface area contributed by atoms with Crippen LogP contribution in [0.4, 0.5) is 0 Å². The summed E-state index contributed by atoms with van der Waals surface area (Å²) in [5, 5.41) is 9.26. The average Bonchev–Trinajstić information content (AvgIpc) is 2.60. The van der Waals surface area contributed by atoms with Crippen molar-refractivity contribution in [3.63, 3.8) is 0 Å². The van der Waals surface area contributed by atoms with Gasteiger partial charge in [0.15, 0.2) is 0 Å². The first-order valence-corrected chi connectivity index (χ1v) is 7.92. The smallest absolute Gasteiger partial charge is 0.310 e. The van der Waals surface area contributed by atoms with Gasteiger partial charge in [-0.1, -0.05) is 33.6 Å². The minimum atomic E-state index is -3.41. The molecule has 2 N–H and O–H groups in total. The van der Waals surface area contributed by atoms with Crippen LogP contribution in [0, 0.1) is 10.8 Å². The van der Waals surface area contributed by atoms with Crippen LogP contribution in [-0.2, 0) is 14.8 Å². The second kappa shape index (κ2) is 5.17. The highest BCUT2D eigenvalue weighted by molar-refractivity contribution is 7.89. The van der Waals surface area contributed by atoms with Gasteiger partial charge in [0, 0.05) is 6.54 Å². The fourth-order valence-electron chi connectivity index (χ4n) is 2.39. The molecule has 0 bridgehead atoms. The summed E-state index contributed by atoms with van der Waals surface area (Å²) in [6.07, 6.45) is 2.82. The molecule has 18 heavy (non-hydrogen) atoms. The van der Waals surface area contributed by atoms with Crippen LogP contribution in [0.15, 0.2) is 0 Å². The summed E-state index contributed by atoms with van der Waals surface area (Å²) in [5.41, 5.74) is -1.23. The number of rotatable bonds is 5. The number of hydrogen-bond acceptors (Lipinski definition) is 3. The van der Waals surface area contributed by atoms with Crippen molar-refractivity contribution in [3.8, 4) is 0 Å². The number of sulfonamides is 1. The SMILES string of the molecule is CC(C)(C)CS(=O)(=O)NCC1(C(=O)O)CCCC1. The number of carboxylic acids is 1. The number of carboxylic acid groups (broad SMARTS) is 1. The van der Waals surface area contributed by atoms with Crippen molar-refractivity contribution in [3.05, 3.63) is 0 Å². The van der Waals surface area contributed by atoms with Crippen molar-refractivity contribution in [2.75, 3.05) is 12.3 Å². The van der Waals surface area contributed by atoms with E-state index >= 15 is 0 Å². The molecular weight excluding hydrogens is 254 g/mol. The third kappa shape index (κ3) is 4.24. The molecule has 0 aromatic carbocycles. The fraction of sp³-hybridized carbons (Fsp3) is 0.917. The highest BCUT2D eigenvalue weighted by Crippen LogP contribution is 2.38. The van der Waals surface area contributed by atoms with Gasteiger partial charge in [-0.15, -0.1) is 0 Å². The van der Waals surface area contributed by atoms with E-state index < -0.39 is 21.4 Å². The van der Waals surface area contributed by atoms with E-state index in [1.54, 1.807) is 0 Å². The van der Waals surface area contributed by atoms with Crippen molar-refractivity contribution < 1.29 is 18.3 Å². The van der Waals surface area contributed by atoms with Gasteiger partial charge in [-0.05, 0) is 18.3 Å². The van der Waals surface area contributed by atoms with Crippen LogP contribution in [0.1, 0.15) is 46.5 Å². The molecule has 0 heterocycles. The average molecular weight is 277 g/mol. The quantitative estimate of drug-likeness (QED) is 0.799. The Kier molecular flexibility index (Phi) is 4.43. The first-order chi connectivity index (χ1) is 8.06. The maximum Gasteiger partial charge on any atom is 0.310 e. The van der Waals surface area contributed by atoms with Crippen molar-refractivity contribution >= 4 is 16.0 Å². The molecule has 1 fully saturated rings. The van der Waals surface area contributed by atoms with Crippen molar-refractivity contribution in [1.82, 2.24) is 4.72 Å². The normalized spacial score (nSPS) is 19.9. The molecule has 0 unspecified atom stereocenters. The van der Waals surface area contributed by atoms with E-state index in [-0.39, 0.29) is 17.7 Å². The molecule has 0 aromatic heterocycles. The summed E-state index contributed by atoms with van der Waals surface area (Å²) in [4.78, 5) is 11.3. The van der Waals surface area contributed by atoms with Crippen LogP contribution < -0.4 is 4.72 Å². The van der Waals surface area contributed by atoms with Gasteiger partial charge in [0.05, 0.1) is 11.2 Å². The predicted octanol–water partition coefficient (Wildman–Crippen LogP) is 1.60. The van der Waals surface area contributed by atoms with E-state index in [1.165, 1.54) is 0 Å². The molecule has 6 heteroatoms. The van der Waals surface area contributed by atoms with Crippen LogP contribution in [0.2, 0.25) is 0 Å². The lowest BCUT2D eigenvalue weighted by Crippen LogP contribution is -2.43. The van der Waals surface area contributed by atoms with Gasteiger partial charge < -0.3 is 5.11 Å². The van der Waals surface area contributed by atoms with Crippen molar-refractivity contribution in [2.45, 2.75) is 46.5 Å². The lowest BCUT2D eigenvalue weighted by atomic mass is 9.87. The highest BCUT2D eigenvalue weighted by atomic mass is 32.2. The molecule has 106 valence electrons. The lowest BCUT2D eigenvalue weighted by molar-refractivity contribution is -0.148. The minimum absolute atomic E-state index is 0.00962. The molecule has 0 aliphatic heterocycles. The van der Waals surface area contributed by atoms with Gasteiger partial charge in [-0.3, -0.25) is 4.79 Å². The number of hydrogen-bond donors (Lipinski definition) is 2. The molecule has 0 radical (unpaired) electrons. The zero-order chi connectivity index (χ0) is 14.0. The molecule has 0 atom stereocenters. The zero-order valence-corrected chi connectivity index (χ0v) is 12.1. The highest BCUT2D eigenvalue weighted by Gasteiger charge is 2.42.